The van der Waals surface area contributed by atoms with E-state index in [0.29, 0.717) is 35.2 Å². The zero-order valence-corrected chi connectivity index (χ0v) is 22.6. The van der Waals surface area contributed by atoms with Crippen molar-refractivity contribution in [1.29, 1.82) is 0 Å². The quantitative estimate of drug-likeness (QED) is 0.133. The van der Waals surface area contributed by atoms with Crippen LogP contribution in [-0.2, 0) is 6.54 Å². The number of anilines is 1. The Morgan fingerprint density at radius 3 is 2.73 bits per heavy atom. The molecular formula is C27H29N9O5. The van der Waals surface area contributed by atoms with Crippen molar-refractivity contribution in [3.8, 4) is 17.3 Å². The predicted octanol–water partition coefficient (Wildman–Crippen LogP) is 2.60. The summed E-state index contributed by atoms with van der Waals surface area (Å²) in [7, 11) is 1.46. The molecule has 2 aromatic heterocycles. The lowest BCUT2D eigenvalue weighted by atomic mass is 10.0. The van der Waals surface area contributed by atoms with Gasteiger partial charge in [-0.25, -0.2) is 14.8 Å². The zero-order valence-electron chi connectivity index (χ0n) is 22.6. The van der Waals surface area contributed by atoms with Crippen molar-refractivity contribution in [2.75, 3.05) is 19.4 Å². The number of hydrogen-bond donors (Lipinski definition) is 2. The monoisotopic (exact) mass is 559 g/mol. The summed E-state index contributed by atoms with van der Waals surface area (Å²) in [4.78, 5) is 28.2. The molecule has 1 aliphatic heterocycles. The number of hydrazone groups is 1. The molecule has 4 aromatic rings. The summed E-state index contributed by atoms with van der Waals surface area (Å²) in [5, 5.41) is 19.7. The molecule has 3 heterocycles. The first-order chi connectivity index (χ1) is 20.0. The van der Waals surface area contributed by atoms with Gasteiger partial charge in [-0.3, -0.25) is 9.69 Å². The Morgan fingerprint density at radius 2 is 2.00 bits per heavy atom. The largest absolute Gasteiger partial charge is 0.493 e. The van der Waals surface area contributed by atoms with Crippen molar-refractivity contribution in [2.45, 2.75) is 38.8 Å². The zero-order chi connectivity index (χ0) is 28.8. The van der Waals surface area contributed by atoms with Crippen LogP contribution in [0.4, 0.5) is 5.82 Å². The van der Waals surface area contributed by atoms with E-state index in [1.807, 2.05) is 0 Å². The van der Waals surface area contributed by atoms with Gasteiger partial charge in [-0.05, 0) is 60.9 Å². The van der Waals surface area contributed by atoms with E-state index >= 15 is 0 Å². The minimum absolute atomic E-state index is 0.0171. The van der Waals surface area contributed by atoms with Gasteiger partial charge in [-0.15, -0.1) is 5.10 Å². The van der Waals surface area contributed by atoms with E-state index in [4.69, 9.17) is 19.8 Å². The molecule has 14 heteroatoms. The molecule has 41 heavy (non-hydrogen) atoms. The average Bonchev–Trinajstić information content (AvgIpc) is 3.60. The highest BCUT2D eigenvalue weighted by Gasteiger charge is 2.28. The summed E-state index contributed by atoms with van der Waals surface area (Å²) < 4.78 is 17.1. The normalized spacial score (nSPS) is 15.6. The molecular weight excluding hydrogens is 530 g/mol. The summed E-state index contributed by atoms with van der Waals surface area (Å²) in [6.45, 7) is 3.38. The number of hydrogen-bond acceptors (Lipinski definition) is 12. The molecule has 1 aliphatic rings. The fraction of sp³-hybridized carbons (Fsp3) is 0.296. The molecule has 14 nitrogen and oxygen atoms in total. The Balaban J connectivity index is 1.38. The van der Waals surface area contributed by atoms with E-state index in [-0.39, 0.29) is 23.1 Å². The number of likely N-dealkylation sites (tertiary alicyclic amines) is 1. The molecule has 3 N–H and O–H groups in total. The van der Waals surface area contributed by atoms with Crippen LogP contribution in [0, 0.1) is 0 Å². The fourth-order valence-corrected chi connectivity index (χ4v) is 4.56. The lowest BCUT2D eigenvalue weighted by molar-refractivity contribution is 0.0729. The van der Waals surface area contributed by atoms with Crippen LogP contribution in [0.25, 0.3) is 5.82 Å². The maximum atomic E-state index is 13.3. The molecule has 212 valence electrons. The molecule has 1 atom stereocenters. The maximum Gasteiger partial charge on any atom is 0.343 e. The van der Waals surface area contributed by atoms with Crippen LogP contribution in [-0.4, -0.2) is 68.0 Å². The second-order valence-electron chi connectivity index (χ2n) is 9.42. The Morgan fingerprint density at radius 1 is 1.17 bits per heavy atom. The standard InChI is InChI=1S/C27H29N9O5/c1-17-9-6-7-14-35(17)16-20-22(30-34-36(20)25-24(28)32-41-33-25)26(37)31-29-15-19-12-8-13-21(39-2)23(19)40-27(38)18-10-4-3-5-11-18/h3-5,8,10-13,15,17H,6-7,9,14,16H2,1-2H3,(H2,28,32)(H,31,37)/b29-15+/t17-/m0/s1. The Bertz CT molecular complexity index is 1550. The number of amides is 1. The molecule has 0 bridgehead atoms. The summed E-state index contributed by atoms with van der Waals surface area (Å²) in [5.41, 5.74) is 9.67. The molecule has 0 aliphatic carbocycles. The van der Waals surface area contributed by atoms with E-state index in [9.17, 15) is 9.59 Å². The van der Waals surface area contributed by atoms with Gasteiger partial charge >= 0.3 is 5.97 Å². The number of nitrogens with zero attached hydrogens (tertiary/aromatic N) is 7. The van der Waals surface area contributed by atoms with Crippen LogP contribution in [0.15, 0.2) is 58.3 Å². The van der Waals surface area contributed by atoms with Crippen LogP contribution in [0.5, 0.6) is 11.5 Å². The molecule has 1 saturated heterocycles. The molecule has 2 aromatic carbocycles. The number of carbonyl (C=O) groups is 2. The first-order valence-electron chi connectivity index (χ1n) is 13.0. The number of rotatable bonds is 9. The lowest BCUT2D eigenvalue weighted by Crippen LogP contribution is -2.38. The number of piperidine rings is 1. The molecule has 0 spiro atoms. The van der Waals surface area contributed by atoms with E-state index in [0.717, 1.165) is 25.8 Å². The van der Waals surface area contributed by atoms with E-state index in [1.165, 1.54) is 18.0 Å². The third kappa shape index (κ3) is 6.06. The van der Waals surface area contributed by atoms with Gasteiger partial charge in [-0.1, -0.05) is 35.9 Å². The number of nitrogens with one attached hydrogen (secondary N) is 1. The van der Waals surface area contributed by atoms with Gasteiger partial charge in [0.05, 0.1) is 24.6 Å². The highest BCUT2D eigenvalue weighted by Crippen LogP contribution is 2.31. The third-order valence-electron chi connectivity index (χ3n) is 6.77. The molecule has 5 rings (SSSR count). The van der Waals surface area contributed by atoms with Gasteiger partial charge in [0, 0.05) is 18.2 Å². The number of nitrogens with two attached hydrogens (primary N) is 1. The minimum Gasteiger partial charge on any atom is -0.493 e. The van der Waals surface area contributed by atoms with Crippen molar-refractivity contribution in [3.05, 3.63) is 71.0 Å². The first kappa shape index (κ1) is 27.5. The number of carbonyl (C=O) groups excluding carboxylic acids is 2. The van der Waals surface area contributed by atoms with Crippen molar-refractivity contribution >= 4 is 23.9 Å². The smallest absolute Gasteiger partial charge is 0.343 e. The number of esters is 1. The van der Waals surface area contributed by atoms with Crippen molar-refractivity contribution in [2.24, 2.45) is 5.10 Å². The molecule has 1 amide bonds. The Labute approximate surface area is 235 Å². The SMILES string of the molecule is COc1cccc(/C=N/NC(=O)c2nnn(-c3nonc3N)c2CN2CCCC[C@@H]2C)c1OC(=O)c1ccccc1. The van der Waals surface area contributed by atoms with Gasteiger partial charge in [0.15, 0.2) is 17.2 Å². The van der Waals surface area contributed by atoms with Gasteiger partial charge < -0.3 is 15.2 Å². The van der Waals surface area contributed by atoms with Gasteiger partial charge in [0.2, 0.25) is 11.6 Å². The van der Waals surface area contributed by atoms with Gasteiger partial charge in [0.25, 0.3) is 5.91 Å². The topological polar surface area (TPSA) is 176 Å². The highest BCUT2D eigenvalue weighted by molar-refractivity contribution is 5.96. The molecule has 0 saturated carbocycles. The minimum atomic E-state index is -0.604. The van der Waals surface area contributed by atoms with E-state index < -0.39 is 11.9 Å². The predicted molar refractivity (Wildman–Crippen MR) is 147 cm³/mol. The van der Waals surface area contributed by atoms with Crippen LogP contribution in [0.3, 0.4) is 0 Å². The first-order valence-corrected chi connectivity index (χ1v) is 13.0. The van der Waals surface area contributed by atoms with Crippen molar-refractivity contribution < 1.29 is 23.7 Å². The van der Waals surface area contributed by atoms with Crippen LogP contribution in [0.2, 0.25) is 0 Å². The summed E-state index contributed by atoms with van der Waals surface area (Å²) in [6, 6.07) is 13.9. The second-order valence-corrected chi connectivity index (χ2v) is 9.42. The fourth-order valence-electron chi connectivity index (χ4n) is 4.56. The third-order valence-corrected chi connectivity index (χ3v) is 6.77. The number of benzene rings is 2. The number of para-hydroxylation sites is 1. The summed E-state index contributed by atoms with van der Waals surface area (Å²) in [6.07, 6.45) is 4.58. The summed E-state index contributed by atoms with van der Waals surface area (Å²) >= 11 is 0. The molecule has 1 fully saturated rings. The van der Waals surface area contributed by atoms with Crippen molar-refractivity contribution in [3.63, 3.8) is 0 Å². The van der Waals surface area contributed by atoms with E-state index in [1.54, 1.807) is 48.5 Å². The number of aromatic nitrogens is 5. The maximum absolute atomic E-state index is 13.3. The van der Waals surface area contributed by atoms with E-state index in [2.05, 4.69) is 43.0 Å². The van der Waals surface area contributed by atoms with Gasteiger partial charge in [-0.2, -0.15) is 9.78 Å². The summed E-state index contributed by atoms with van der Waals surface area (Å²) in [5.74, 6) is -0.535. The van der Waals surface area contributed by atoms with Crippen LogP contribution >= 0.6 is 0 Å². The highest BCUT2D eigenvalue weighted by atomic mass is 16.6. The number of nitrogen functional groups attached to an aromatic ring is 1. The van der Waals surface area contributed by atoms with Gasteiger partial charge in [0.1, 0.15) is 0 Å². The second kappa shape index (κ2) is 12.4. The van der Waals surface area contributed by atoms with Crippen LogP contribution < -0.4 is 20.6 Å². The lowest BCUT2D eigenvalue weighted by Gasteiger charge is -2.33. The van der Waals surface area contributed by atoms with Crippen LogP contribution in [0.1, 0.15) is 58.3 Å². The average molecular weight is 560 g/mol. The number of methoxy groups -OCH3 is 1. The Hall–Kier alpha value is -5.11. The molecule has 0 radical (unpaired) electrons. The Kier molecular flexibility index (Phi) is 8.29. The van der Waals surface area contributed by atoms with Crippen molar-refractivity contribution in [1.82, 2.24) is 35.6 Å². The number of ether oxygens (including phenoxy) is 2. The molecule has 0 unspecified atom stereocenters.